The molecule has 0 atom stereocenters. The number of pyridine rings is 1. The van der Waals surface area contributed by atoms with E-state index in [9.17, 15) is 9.59 Å². The Morgan fingerprint density at radius 1 is 0.974 bits per heavy atom. The van der Waals surface area contributed by atoms with Gasteiger partial charge in [0, 0.05) is 55.7 Å². The smallest absolute Gasteiger partial charge is 0.272 e. The minimum absolute atomic E-state index is 0.199. The van der Waals surface area contributed by atoms with Crippen LogP contribution in [0.4, 0.5) is 11.5 Å². The first kappa shape index (κ1) is 26.3. The Morgan fingerprint density at radius 3 is 2.41 bits per heavy atom. The summed E-state index contributed by atoms with van der Waals surface area (Å²) in [6.45, 7) is 4.24. The lowest BCUT2D eigenvalue weighted by molar-refractivity contribution is 0.0943. The van der Waals surface area contributed by atoms with Gasteiger partial charge in [-0.3, -0.25) is 14.6 Å². The molecule has 5 rings (SSSR count). The number of nitrogens with zero attached hydrogens (tertiary/aromatic N) is 6. The van der Waals surface area contributed by atoms with Crippen LogP contribution < -0.4 is 15.5 Å². The van der Waals surface area contributed by atoms with Gasteiger partial charge in [-0.1, -0.05) is 23.7 Å². The van der Waals surface area contributed by atoms with Crippen LogP contribution in [0.15, 0.2) is 67.3 Å². The zero-order valence-electron chi connectivity index (χ0n) is 21.5. The van der Waals surface area contributed by atoms with Gasteiger partial charge in [0.15, 0.2) is 5.69 Å². The molecule has 0 saturated carbocycles. The predicted octanol–water partition coefficient (Wildman–Crippen LogP) is 4.31. The lowest BCUT2D eigenvalue weighted by Crippen LogP contribution is -2.35. The highest BCUT2D eigenvalue weighted by molar-refractivity contribution is 6.34. The Hall–Kier alpha value is -4.31. The van der Waals surface area contributed by atoms with Gasteiger partial charge in [0.25, 0.3) is 17.8 Å². The molecule has 10 nitrogen and oxygen atoms in total. The third-order valence-corrected chi connectivity index (χ3v) is 7.24. The molecule has 0 aliphatic carbocycles. The molecular formula is C28H29ClN8O2. The molecule has 1 saturated heterocycles. The number of amides is 2. The van der Waals surface area contributed by atoms with E-state index in [1.54, 1.807) is 49.6 Å². The van der Waals surface area contributed by atoms with Gasteiger partial charge in [0.2, 0.25) is 0 Å². The monoisotopic (exact) mass is 544 g/mol. The molecule has 0 spiro atoms. The quantitative estimate of drug-likeness (QED) is 0.339. The maximum atomic E-state index is 13.2. The molecule has 4 heterocycles. The van der Waals surface area contributed by atoms with E-state index in [2.05, 4.69) is 35.6 Å². The number of halogens is 1. The van der Waals surface area contributed by atoms with E-state index in [0.717, 1.165) is 32.4 Å². The first-order valence-corrected chi connectivity index (χ1v) is 13.2. The molecule has 0 unspecified atom stereocenters. The summed E-state index contributed by atoms with van der Waals surface area (Å²) in [5.74, 6) is 0.329. The van der Waals surface area contributed by atoms with E-state index in [1.165, 1.54) is 10.4 Å². The Balaban J connectivity index is 1.25. The minimum atomic E-state index is -0.425. The van der Waals surface area contributed by atoms with Gasteiger partial charge in [-0.15, -0.1) is 0 Å². The molecule has 11 heteroatoms. The van der Waals surface area contributed by atoms with Gasteiger partial charge in [-0.2, -0.15) is 9.78 Å². The van der Waals surface area contributed by atoms with Crippen LogP contribution in [0.2, 0.25) is 5.02 Å². The zero-order valence-corrected chi connectivity index (χ0v) is 22.3. The van der Waals surface area contributed by atoms with Crippen LogP contribution >= 0.6 is 11.6 Å². The van der Waals surface area contributed by atoms with Gasteiger partial charge in [0.05, 0.1) is 10.6 Å². The van der Waals surface area contributed by atoms with Crippen molar-refractivity contribution in [3.63, 3.8) is 0 Å². The van der Waals surface area contributed by atoms with Crippen molar-refractivity contribution >= 4 is 34.9 Å². The van der Waals surface area contributed by atoms with Crippen LogP contribution in [0.1, 0.15) is 45.7 Å². The topological polar surface area (TPSA) is 118 Å². The second kappa shape index (κ2) is 12.0. The van der Waals surface area contributed by atoms with Gasteiger partial charge < -0.3 is 15.5 Å². The Kier molecular flexibility index (Phi) is 8.12. The van der Waals surface area contributed by atoms with Crippen molar-refractivity contribution in [3.05, 3.63) is 89.1 Å². The van der Waals surface area contributed by atoms with Crippen molar-refractivity contribution in [1.82, 2.24) is 30.0 Å². The van der Waals surface area contributed by atoms with Crippen molar-refractivity contribution < 1.29 is 9.59 Å². The molecule has 39 heavy (non-hydrogen) atoms. The lowest BCUT2D eigenvalue weighted by Gasteiger charge is -2.33. The normalized spacial score (nSPS) is 13.7. The number of piperidine rings is 1. The van der Waals surface area contributed by atoms with E-state index < -0.39 is 5.91 Å². The van der Waals surface area contributed by atoms with Crippen molar-refractivity contribution in [2.24, 2.45) is 5.92 Å². The second-order valence-corrected chi connectivity index (χ2v) is 9.80. The van der Waals surface area contributed by atoms with Crippen LogP contribution in [-0.2, 0) is 0 Å². The average Bonchev–Trinajstić information content (AvgIpc) is 3.30. The molecule has 2 amide bonds. The number of benzene rings is 1. The molecule has 2 N–H and O–H groups in total. The minimum Gasteiger partial charge on any atom is -0.371 e. The van der Waals surface area contributed by atoms with E-state index >= 15 is 0 Å². The van der Waals surface area contributed by atoms with Crippen LogP contribution in [0.25, 0.3) is 5.95 Å². The average molecular weight is 545 g/mol. The van der Waals surface area contributed by atoms with Gasteiger partial charge in [0.1, 0.15) is 5.82 Å². The third-order valence-electron chi connectivity index (χ3n) is 6.91. The summed E-state index contributed by atoms with van der Waals surface area (Å²) in [5.41, 5.74) is 2.21. The third kappa shape index (κ3) is 6.06. The van der Waals surface area contributed by atoms with Crippen LogP contribution in [-0.4, -0.2) is 56.2 Å². The van der Waals surface area contributed by atoms with E-state index in [4.69, 9.17) is 11.6 Å². The van der Waals surface area contributed by atoms with E-state index in [0.29, 0.717) is 34.4 Å². The summed E-state index contributed by atoms with van der Waals surface area (Å²) >= 11 is 6.22. The van der Waals surface area contributed by atoms with Crippen LogP contribution in [0.5, 0.6) is 0 Å². The maximum absolute atomic E-state index is 13.2. The van der Waals surface area contributed by atoms with Gasteiger partial charge in [-0.25, -0.2) is 9.97 Å². The fraction of sp³-hybridized carbons (Fsp3) is 0.286. The number of nitrogens with one attached hydrogen (secondary N) is 2. The number of carbonyl (C=O) groups is 2. The summed E-state index contributed by atoms with van der Waals surface area (Å²) in [6.07, 6.45) is 9.78. The van der Waals surface area contributed by atoms with Crippen molar-refractivity contribution in [3.8, 4) is 5.95 Å². The second-order valence-electron chi connectivity index (χ2n) is 9.40. The lowest BCUT2D eigenvalue weighted by atomic mass is 9.93. The largest absolute Gasteiger partial charge is 0.371 e. The van der Waals surface area contributed by atoms with Gasteiger partial charge >= 0.3 is 0 Å². The highest BCUT2D eigenvalue weighted by atomic mass is 35.5. The highest BCUT2D eigenvalue weighted by Crippen LogP contribution is 2.26. The molecule has 1 aromatic carbocycles. The molecule has 1 aliphatic heterocycles. The predicted molar refractivity (Wildman–Crippen MR) is 149 cm³/mol. The molecule has 200 valence electrons. The van der Waals surface area contributed by atoms with Crippen molar-refractivity contribution in [2.75, 3.05) is 29.9 Å². The zero-order chi connectivity index (χ0) is 27.2. The molecular weight excluding hydrogens is 516 g/mol. The number of hydrogen-bond donors (Lipinski definition) is 2. The van der Waals surface area contributed by atoms with E-state index in [-0.39, 0.29) is 17.5 Å². The highest BCUT2D eigenvalue weighted by Gasteiger charge is 2.25. The first-order chi connectivity index (χ1) is 19.0. The number of rotatable bonds is 8. The van der Waals surface area contributed by atoms with Crippen molar-refractivity contribution in [2.45, 2.75) is 26.2 Å². The Morgan fingerprint density at radius 2 is 1.69 bits per heavy atom. The molecule has 0 bridgehead atoms. The SMILES string of the molecule is Cc1c(C(=O)NCCC2CCN(c3ccncc3)CC2)nn(-c2ncccn2)c1NC(=O)c1ccccc1Cl. The fourth-order valence-corrected chi connectivity index (χ4v) is 4.95. The number of carbonyl (C=O) groups excluding carboxylic acids is 2. The Labute approximate surface area is 231 Å². The summed E-state index contributed by atoms with van der Waals surface area (Å²) in [4.78, 5) is 41.2. The summed E-state index contributed by atoms with van der Waals surface area (Å²) in [6, 6.07) is 12.5. The molecule has 4 aromatic rings. The van der Waals surface area contributed by atoms with Crippen LogP contribution in [0.3, 0.4) is 0 Å². The van der Waals surface area contributed by atoms with Crippen LogP contribution in [0, 0.1) is 12.8 Å². The number of anilines is 2. The standard InChI is InChI=1S/C28H29ClN8O2/c1-19-24(27(39)31-16-7-20-10-17-36(18-11-20)21-8-14-30-15-9-21)35-37(28-32-12-4-13-33-28)25(19)34-26(38)22-5-2-3-6-23(22)29/h2-6,8-9,12-15,20H,7,10-11,16-18H2,1H3,(H,31,39)(H,34,38). The molecule has 1 aliphatic rings. The maximum Gasteiger partial charge on any atom is 0.272 e. The van der Waals surface area contributed by atoms with Crippen molar-refractivity contribution in [1.29, 1.82) is 0 Å². The number of hydrogen-bond acceptors (Lipinski definition) is 7. The number of aromatic nitrogens is 5. The summed E-state index contributed by atoms with van der Waals surface area (Å²) in [5, 5.41) is 10.6. The van der Waals surface area contributed by atoms with Gasteiger partial charge in [-0.05, 0) is 62.4 Å². The molecule has 3 aromatic heterocycles. The Bertz CT molecular complexity index is 1440. The first-order valence-electron chi connectivity index (χ1n) is 12.9. The van der Waals surface area contributed by atoms with E-state index in [1.807, 2.05) is 24.5 Å². The summed E-state index contributed by atoms with van der Waals surface area (Å²) in [7, 11) is 0. The molecule has 0 radical (unpaired) electrons. The molecule has 1 fully saturated rings. The summed E-state index contributed by atoms with van der Waals surface area (Å²) < 4.78 is 1.37. The fourth-order valence-electron chi connectivity index (χ4n) is 4.73.